The molecule has 0 aromatic carbocycles. The highest BCUT2D eigenvalue weighted by Gasteiger charge is 2.40. The molecule has 2 N–H and O–H groups in total. The lowest BCUT2D eigenvalue weighted by Gasteiger charge is -2.42. The highest BCUT2D eigenvalue weighted by Crippen LogP contribution is 2.32. The fourth-order valence-corrected chi connectivity index (χ4v) is 3.81. The molecule has 1 saturated carbocycles. The minimum Gasteiger partial charge on any atom is -0.369 e. The van der Waals surface area contributed by atoms with E-state index in [0.29, 0.717) is 6.54 Å². The minimum atomic E-state index is -0.655. The quantitative estimate of drug-likeness (QED) is 0.844. The topological polar surface area (TPSA) is 90.4 Å². The van der Waals surface area contributed by atoms with Gasteiger partial charge < -0.3 is 10.6 Å². The van der Waals surface area contributed by atoms with E-state index in [4.69, 9.17) is 5.73 Å². The third-order valence-electron chi connectivity index (χ3n) is 5.66. The summed E-state index contributed by atoms with van der Waals surface area (Å²) in [5, 5.41) is 9.61. The van der Waals surface area contributed by atoms with Crippen molar-refractivity contribution in [1.82, 2.24) is 9.80 Å². The SMILES string of the molecule is CC1CCC(C(N)=O)CN1CC(=O)N(C)C1(C#N)CCCCC1. The van der Waals surface area contributed by atoms with Crippen molar-refractivity contribution in [2.45, 2.75) is 63.5 Å². The molecule has 0 aromatic heterocycles. The van der Waals surface area contributed by atoms with E-state index in [9.17, 15) is 14.9 Å². The van der Waals surface area contributed by atoms with E-state index in [1.165, 1.54) is 0 Å². The zero-order valence-electron chi connectivity index (χ0n) is 14.3. The van der Waals surface area contributed by atoms with Gasteiger partial charge >= 0.3 is 0 Å². The average molecular weight is 320 g/mol. The zero-order valence-corrected chi connectivity index (χ0v) is 14.3. The van der Waals surface area contributed by atoms with Crippen LogP contribution in [-0.4, -0.2) is 53.3 Å². The lowest BCUT2D eigenvalue weighted by Crippen LogP contribution is -2.55. The fraction of sp³-hybridized carbons (Fsp3) is 0.824. The molecule has 2 aliphatic rings. The molecule has 1 aliphatic carbocycles. The van der Waals surface area contributed by atoms with E-state index in [2.05, 4.69) is 13.0 Å². The van der Waals surface area contributed by atoms with Gasteiger partial charge in [0.05, 0.1) is 18.5 Å². The van der Waals surface area contributed by atoms with Gasteiger partial charge in [-0.2, -0.15) is 5.26 Å². The number of nitriles is 1. The molecule has 23 heavy (non-hydrogen) atoms. The summed E-state index contributed by atoms with van der Waals surface area (Å²) in [7, 11) is 1.75. The van der Waals surface area contributed by atoms with Crippen molar-refractivity contribution in [2.75, 3.05) is 20.1 Å². The molecule has 2 rings (SSSR count). The highest BCUT2D eigenvalue weighted by molar-refractivity contribution is 5.80. The van der Waals surface area contributed by atoms with Gasteiger partial charge in [0.2, 0.25) is 11.8 Å². The van der Waals surface area contributed by atoms with Gasteiger partial charge in [0.1, 0.15) is 5.54 Å². The number of carbonyl (C=O) groups is 2. The van der Waals surface area contributed by atoms with Crippen LogP contribution in [0.2, 0.25) is 0 Å². The van der Waals surface area contributed by atoms with E-state index in [1.807, 2.05) is 4.90 Å². The van der Waals surface area contributed by atoms with Crippen LogP contribution in [-0.2, 0) is 9.59 Å². The monoisotopic (exact) mass is 320 g/mol. The van der Waals surface area contributed by atoms with Crippen LogP contribution in [0.15, 0.2) is 0 Å². The summed E-state index contributed by atoms with van der Waals surface area (Å²) in [5.74, 6) is -0.502. The molecule has 0 spiro atoms. The van der Waals surface area contributed by atoms with E-state index < -0.39 is 5.54 Å². The van der Waals surface area contributed by atoms with Crippen molar-refractivity contribution in [3.05, 3.63) is 0 Å². The second kappa shape index (κ2) is 7.31. The Balaban J connectivity index is 2.02. The summed E-state index contributed by atoms with van der Waals surface area (Å²) in [4.78, 5) is 27.8. The van der Waals surface area contributed by atoms with Crippen LogP contribution >= 0.6 is 0 Å². The van der Waals surface area contributed by atoms with Gasteiger partial charge in [0, 0.05) is 19.6 Å². The van der Waals surface area contributed by atoms with Crippen LogP contribution in [0.5, 0.6) is 0 Å². The van der Waals surface area contributed by atoms with E-state index in [-0.39, 0.29) is 30.3 Å². The highest BCUT2D eigenvalue weighted by atomic mass is 16.2. The molecular weight excluding hydrogens is 292 g/mol. The molecule has 0 radical (unpaired) electrons. The Morgan fingerprint density at radius 2 is 1.96 bits per heavy atom. The van der Waals surface area contributed by atoms with Gasteiger partial charge in [0.25, 0.3) is 0 Å². The van der Waals surface area contributed by atoms with Crippen LogP contribution in [0, 0.1) is 17.2 Å². The number of carbonyl (C=O) groups excluding carboxylic acids is 2. The van der Waals surface area contributed by atoms with Crippen molar-refractivity contribution in [3.8, 4) is 6.07 Å². The number of hydrogen-bond acceptors (Lipinski definition) is 4. The molecule has 1 heterocycles. The van der Waals surface area contributed by atoms with E-state index >= 15 is 0 Å². The fourth-order valence-electron chi connectivity index (χ4n) is 3.81. The van der Waals surface area contributed by atoms with Gasteiger partial charge in [-0.25, -0.2) is 0 Å². The third kappa shape index (κ3) is 3.84. The van der Waals surface area contributed by atoms with Crippen molar-refractivity contribution < 1.29 is 9.59 Å². The predicted molar refractivity (Wildman–Crippen MR) is 87.2 cm³/mol. The van der Waals surface area contributed by atoms with Gasteiger partial charge in [0.15, 0.2) is 0 Å². The smallest absolute Gasteiger partial charge is 0.237 e. The van der Waals surface area contributed by atoms with Crippen LogP contribution < -0.4 is 5.73 Å². The Kier molecular flexibility index (Phi) is 5.64. The molecule has 0 bridgehead atoms. The summed E-state index contributed by atoms with van der Waals surface area (Å²) in [6.45, 7) is 2.87. The number of piperidine rings is 1. The van der Waals surface area contributed by atoms with Gasteiger partial charge in [-0.05, 0) is 32.6 Å². The Hall–Kier alpha value is -1.61. The summed E-state index contributed by atoms with van der Waals surface area (Å²) < 4.78 is 0. The number of primary amides is 1. The average Bonchev–Trinajstić information content (AvgIpc) is 2.56. The molecular formula is C17H28N4O2. The lowest BCUT2D eigenvalue weighted by atomic mass is 9.81. The molecule has 2 amide bonds. The van der Waals surface area contributed by atoms with Crippen molar-refractivity contribution in [2.24, 2.45) is 11.7 Å². The number of hydrogen-bond donors (Lipinski definition) is 1. The summed E-state index contributed by atoms with van der Waals surface area (Å²) in [6, 6.07) is 2.64. The Morgan fingerprint density at radius 3 is 2.52 bits per heavy atom. The first-order valence-corrected chi connectivity index (χ1v) is 8.61. The van der Waals surface area contributed by atoms with Gasteiger partial charge in [-0.1, -0.05) is 19.3 Å². The summed E-state index contributed by atoms with van der Waals surface area (Å²) >= 11 is 0. The molecule has 0 aromatic rings. The Labute approximate surface area is 138 Å². The molecule has 1 aliphatic heterocycles. The standard InChI is InChI=1S/C17H28N4O2/c1-13-6-7-14(16(19)23)10-21(13)11-15(22)20(2)17(12-18)8-4-3-5-9-17/h13-14H,3-11H2,1-2H3,(H2,19,23). The number of likely N-dealkylation sites (N-methyl/N-ethyl adjacent to an activating group) is 1. The number of nitrogens with zero attached hydrogens (tertiary/aromatic N) is 3. The van der Waals surface area contributed by atoms with Crippen molar-refractivity contribution in [3.63, 3.8) is 0 Å². The minimum absolute atomic E-state index is 0.0366. The third-order valence-corrected chi connectivity index (χ3v) is 5.66. The maximum Gasteiger partial charge on any atom is 0.237 e. The maximum absolute atomic E-state index is 12.7. The molecule has 2 atom stereocenters. The molecule has 2 fully saturated rings. The first-order chi connectivity index (χ1) is 10.9. The largest absolute Gasteiger partial charge is 0.369 e. The number of rotatable bonds is 4. The van der Waals surface area contributed by atoms with Crippen LogP contribution in [0.1, 0.15) is 51.9 Å². The Bertz CT molecular complexity index is 493. The lowest BCUT2D eigenvalue weighted by molar-refractivity contribution is -0.138. The molecule has 2 unspecified atom stereocenters. The second-order valence-corrected chi connectivity index (χ2v) is 7.11. The second-order valence-electron chi connectivity index (χ2n) is 7.11. The normalized spacial score (nSPS) is 27.9. The molecule has 128 valence electrons. The number of nitrogens with two attached hydrogens (primary N) is 1. The van der Waals surface area contributed by atoms with Gasteiger partial charge in [-0.3, -0.25) is 14.5 Å². The van der Waals surface area contributed by atoms with Crippen molar-refractivity contribution >= 4 is 11.8 Å². The molecule has 6 nitrogen and oxygen atoms in total. The summed E-state index contributed by atoms with van der Waals surface area (Å²) in [6.07, 6.45) is 6.29. The molecule has 6 heteroatoms. The van der Waals surface area contributed by atoms with Crippen LogP contribution in [0.4, 0.5) is 0 Å². The number of likely N-dealkylation sites (tertiary alicyclic amines) is 1. The van der Waals surface area contributed by atoms with Gasteiger partial charge in [-0.15, -0.1) is 0 Å². The first-order valence-electron chi connectivity index (χ1n) is 8.61. The maximum atomic E-state index is 12.7. The van der Waals surface area contributed by atoms with Crippen LogP contribution in [0.3, 0.4) is 0 Å². The first kappa shape index (κ1) is 17.7. The van der Waals surface area contributed by atoms with E-state index in [1.54, 1.807) is 11.9 Å². The summed E-state index contributed by atoms with van der Waals surface area (Å²) in [5.41, 5.74) is 4.77. The van der Waals surface area contributed by atoms with Crippen LogP contribution in [0.25, 0.3) is 0 Å². The number of amides is 2. The predicted octanol–water partition coefficient (Wildman–Crippen LogP) is 1.26. The Morgan fingerprint density at radius 1 is 1.30 bits per heavy atom. The molecule has 1 saturated heterocycles. The van der Waals surface area contributed by atoms with E-state index in [0.717, 1.165) is 44.9 Å². The van der Waals surface area contributed by atoms with Crippen molar-refractivity contribution in [1.29, 1.82) is 5.26 Å². The zero-order chi connectivity index (χ0) is 17.0.